The zero-order valence-electron chi connectivity index (χ0n) is 17.9. The molecule has 1 fully saturated rings. The lowest BCUT2D eigenvalue weighted by Gasteiger charge is -2.47. The van der Waals surface area contributed by atoms with Crippen molar-refractivity contribution in [2.24, 2.45) is 11.3 Å². The van der Waals surface area contributed by atoms with Gasteiger partial charge in [0.15, 0.2) is 10.8 Å². The van der Waals surface area contributed by atoms with Crippen LogP contribution in [0.2, 0.25) is 5.02 Å². The number of rotatable bonds is 8. The van der Waals surface area contributed by atoms with Crippen molar-refractivity contribution < 1.29 is 29.3 Å². The van der Waals surface area contributed by atoms with E-state index in [1.54, 1.807) is 45.0 Å². The molecule has 7 nitrogen and oxygen atoms in total. The first-order valence-corrected chi connectivity index (χ1v) is 11.9. The van der Waals surface area contributed by atoms with Crippen molar-refractivity contribution in [2.45, 2.75) is 46.1 Å². The van der Waals surface area contributed by atoms with Gasteiger partial charge in [-0.2, -0.15) is 0 Å². The quantitative estimate of drug-likeness (QED) is 0.319. The highest BCUT2D eigenvalue weighted by Gasteiger charge is 2.54. The number of carbonyl (C=O) groups excluding carboxylic acids is 2. The van der Waals surface area contributed by atoms with Crippen LogP contribution in [0.15, 0.2) is 35.1 Å². The Morgan fingerprint density at radius 1 is 1.26 bits per heavy atom. The molecule has 0 spiro atoms. The number of carboxylic acid groups (broad SMARTS) is 1. The van der Waals surface area contributed by atoms with Gasteiger partial charge < -0.3 is 14.9 Å². The Balaban J connectivity index is 2.57. The van der Waals surface area contributed by atoms with Gasteiger partial charge in [-0.15, -0.1) is 11.8 Å². The summed E-state index contributed by atoms with van der Waals surface area (Å²) in [6, 6.07) is 6.22. The second-order valence-corrected chi connectivity index (χ2v) is 10.7. The van der Waals surface area contributed by atoms with Crippen LogP contribution in [0.5, 0.6) is 5.75 Å². The summed E-state index contributed by atoms with van der Waals surface area (Å²) in [6.45, 7) is 8.48. The molecule has 31 heavy (non-hydrogen) atoms. The van der Waals surface area contributed by atoms with E-state index in [1.807, 2.05) is 6.92 Å². The van der Waals surface area contributed by atoms with Crippen molar-refractivity contribution in [1.82, 2.24) is 4.90 Å². The zero-order valence-corrected chi connectivity index (χ0v) is 20.3. The predicted molar refractivity (Wildman–Crippen MR) is 123 cm³/mol. The molecule has 1 saturated heterocycles. The van der Waals surface area contributed by atoms with E-state index in [2.05, 4.69) is 0 Å². The Morgan fingerprint density at radius 2 is 1.84 bits per heavy atom. The van der Waals surface area contributed by atoms with E-state index in [4.69, 9.17) is 16.3 Å². The molecule has 0 aromatic heterocycles. The molecule has 0 radical (unpaired) electrons. The fraction of sp³-hybridized carbons (Fsp3) is 0.476. The third-order valence-electron chi connectivity index (χ3n) is 4.40. The molecule has 1 aliphatic rings. The van der Waals surface area contributed by atoms with Crippen LogP contribution in [0.4, 0.5) is 0 Å². The smallest absolute Gasteiger partial charge is 0.357 e. The van der Waals surface area contributed by atoms with Gasteiger partial charge in [-0.3, -0.25) is 14.5 Å². The number of thioether (sulfide) groups is 2. The molecule has 0 unspecified atom stereocenters. The summed E-state index contributed by atoms with van der Waals surface area (Å²) < 4.78 is 5.80. The molecule has 1 aliphatic heterocycles. The molecular weight excluding hydrogens is 462 g/mol. The molecule has 3 atom stereocenters. The summed E-state index contributed by atoms with van der Waals surface area (Å²) in [5.41, 5.74) is -1.20. The highest BCUT2D eigenvalue weighted by molar-refractivity contribution is 8.16. The highest BCUT2D eigenvalue weighted by Crippen LogP contribution is 2.43. The summed E-state index contributed by atoms with van der Waals surface area (Å²) in [5.74, 6) is -1.80. The SMILES string of the molecule is CCS[C@@H]1[C@@H]([C@@H](C)O)C(=O)N1C(C(=O)O)=C(Oc1ccc(Cl)cc1)SC(=O)C(C)(C)C. The Labute approximate surface area is 195 Å². The van der Waals surface area contributed by atoms with Crippen LogP contribution < -0.4 is 4.74 Å². The lowest BCUT2D eigenvalue weighted by molar-refractivity contribution is -0.157. The Bertz CT molecular complexity index is 879. The van der Waals surface area contributed by atoms with Gasteiger partial charge in [-0.25, -0.2) is 4.79 Å². The number of hydrogen-bond donors (Lipinski definition) is 2. The molecule has 170 valence electrons. The molecule has 1 amide bonds. The Hall–Kier alpha value is -1.68. The minimum Gasteiger partial charge on any atom is -0.476 e. The first kappa shape index (κ1) is 25.6. The summed E-state index contributed by atoms with van der Waals surface area (Å²) in [4.78, 5) is 38.9. The molecule has 1 aromatic rings. The Kier molecular flexibility index (Phi) is 8.49. The van der Waals surface area contributed by atoms with Gasteiger partial charge in [-0.1, -0.05) is 39.3 Å². The molecule has 1 aromatic carbocycles. The number of aliphatic carboxylic acids is 1. The number of likely N-dealkylation sites (tertiary alicyclic amines) is 1. The van der Waals surface area contributed by atoms with Gasteiger partial charge in [0, 0.05) is 10.4 Å². The lowest BCUT2D eigenvalue weighted by Crippen LogP contribution is -2.63. The number of ether oxygens (including phenoxy) is 1. The predicted octanol–water partition coefficient (Wildman–Crippen LogP) is 4.20. The number of amides is 1. The number of carbonyl (C=O) groups is 3. The van der Waals surface area contributed by atoms with Crippen molar-refractivity contribution in [3.05, 3.63) is 40.1 Å². The number of aliphatic hydroxyl groups excluding tert-OH is 1. The number of nitrogens with zero attached hydrogens (tertiary/aromatic N) is 1. The second kappa shape index (κ2) is 10.3. The number of aliphatic hydroxyl groups is 1. The monoisotopic (exact) mass is 487 g/mol. The summed E-state index contributed by atoms with van der Waals surface area (Å²) >= 11 is 7.88. The molecule has 0 saturated carbocycles. The van der Waals surface area contributed by atoms with E-state index in [0.29, 0.717) is 22.5 Å². The van der Waals surface area contributed by atoms with Gasteiger partial charge >= 0.3 is 5.97 Å². The summed E-state index contributed by atoms with van der Waals surface area (Å²) in [7, 11) is 0. The molecule has 0 bridgehead atoms. The largest absolute Gasteiger partial charge is 0.476 e. The molecule has 2 N–H and O–H groups in total. The van der Waals surface area contributed by atoms with Crippen molar-refractivity contribution in [3.63, 3.8) is 0 Å². The number of carboxylic acids is 1. The fourth-order valence-electron chi connectivity index (χ4n) is 2.77. The summed E-state index contributed by atoms with van der Waals surface area (Å²) in [5, 5.41) is 19.3. The fourth-order valence-corrected chi connectivity index (χ4v) is 5.04. The van der Waals surface area contributed by atoms with Crippen molar-refractivity contribution >= 4 is 52.1 Å². The third-order valence-corrected chi connectivity index (χ3v) is 7.09. The van der Waals surface area contributed by atoms with Crippen molar-refractivity contribution in [2.75, 3.05) is 5.75 Å². The third kappa shape index (κ3) is 5.97. The number of halogens is 1. The maximum absolute atomic E-state index is 12.8. The number of hydrogen-bond acceptors (Lipinski definition) is 7. The first-order chi connectivity index (χ1) is 14.4. The van der Waals surface area contributed by atoms with Gasteiger partial charge in [0.1, 0.15) is 5.75 Å². The topological polar surface area (TPSA) is 104 Å². The van der Waals surface area contributed by atoms with Gasteiger partial charge in [-0.05, 0) is 48.7 Å². The van der Waals surface area contributed by atoms with Gasteiger partial charge in [0.25, 0.3) is 0 Å². The molecule has 2 rings (SSSR count). The maximum Gasteiger partial charge on any atom is 0.357 e. The molecule has 0 aliphatic carbocycles. The van der Waals surface area contributed by atoms with E-state index in [0.717, 1.165) is 4.90 Å². The second-order valence-electron chi connectivity index (χ2n) is 7.96. The zero-order chi connectivity index (χ0) is 23.5. The number of β-lactam (4-membered cyclic amide) rings is 1. The Morgan fingerprint density at radius 3 is 2.29 bits per heavy atom. The van der Waals surface area contributed by atoms with Crippen LogP contribution in [0.3, 0.4) is 0 Å². The maximum atomic E-state index is 12.8. The van der Waals surface area contributed by atoms with E-state index < -0.39 is 40.4 Å². The molecular formula is C21H26ClNO6S2. The summed E-state index contributed by atoms with van der Waals surface area (Å²) in [6.07, 6.45) is -0.938. The van der Waals surface area contributed by atoms with E-state index in [1.165, 1.54) is 18.7 Å². The lowest BCUT2D eigenvalue weighted by atomic mass is 9.92. The van der Waals surface area contributed by atoms with Crippen LogP contribution in [-0.4, -0.2) is 49.3 Å². The van der Waals surface area contributed by atoms with Crippen LogP contribution in [0.25, 0.3) is 0 Å². The molecule has 1 heterocycles. The minimum atomic E-state index is -1.41. The minimum absolute atomic E-state index is 0.214. The normalized spacial score (nSPS) is 20.6. The highest BCUT2D eigenvalue weighted by atomic mass is 35.5. The van der Waals surface area contributed by atoms with Gasteiger partial charge in [0.05, 0.1) is 17.4 Å². The van der Waals surface area contributed by atoms with E-state index in [9.17, 15) is 24.6 Å². The average molecular weight is 488 g/mol. The van der Waals surface area contributed by atoms with Crippen LogP contribution in [0, 0.1) is 11.3 Å². The van der Waals surface area contributed by atoms with Crippen LogP contribution in [-0.2, 0) is 14.4 Å². The van der Waals surface area contributed by atoms with E-state index in [-0.39, 0.29) is 16.0 Å². The van der Waals surface area contributed by atoms with Gasteiger partial charge in [0.2, 0.25) is 11.0 Å². The molecule has 10 heteroatoms. The number of benzene rings is 1. The standard InChI is InChI=1S/C21H26ClNO6S2/c1-6-30-17-14(11(2)24)16(25)23(17)15(18(26)27)19(31-20(28)21(3,4)5)29-13-9-7-12(22)8-10-13/h7-11,14,17,24H,6H2,1-5H3,(H,26,27)/t11-,14+,17-/m1/s1. The van der Waals surface area contributed by atoms with E-state index >= 15 is 0 Å². The average Bonchev–Trinajstić information content (AvgIpc) is 2.65. The van der Waals surface area contributed by atoms with Crippen LogP contribution >= 0.6 is 35.1 Å². The first-order valence-electron chi connectivity index (χ1n) is 9.64. The van der Waals surface area contributed by atoms with Crippen molar-refractivity contribution in [1.29, 1.82) is 0 Å². The van der Waals surface area contributed by atoms with Crippen molar-refractivity contribution in [3.8, 4) is 5.75 Å². The van der Waals surface area contributed by atoms with Crippen LogP contribution in [0.1, 0.15) is 34.6 Å².